The number of carbonyl (C=O) groups is 4. The molecule has 5 rings (SSSR count). The van der Waals surface area contributed by atoms with Gasteiger partial charge in [-0.05, 0) is 30.3 Å². The quantitative estimate of drug-likeness (QED) is 0.427. The SMILES string of the molecule is O=C(Nc1nncs1)c1ccc(F)c2ccn(C(=O)C(=O)N3CCN(C(=O)c4ccccc4)CC3)c12. The van der Waals surface area contributed by atoms with E-state index in [-0.39, 0.29) is 53.7 Å². The van der Waals surface area contributed by atoms with Gasteiger partial charge in [-0.2, -0.15) is 0 Å². The number of nitrogens with one attached hydrogen (secondary N) is 1. The van der Waals surface area contributed by atoms with Gasteiger partial charge >= 0.3 is 11.8 Å². The normalized spacial score (nSPS) is 13.6. The van der Waals surface area contributed by atoms with Crippen LogP contribution in [0.4, 0.5) is 9.52 Å². The number of hydrogen-bond donors (Lipinski definition) is 1. The van der Waals surface area contributed by atoms with Crippen molar-refractivity contribution in [3.05, 3.63) is 77.2 Å². The molecule has 36 heavy (non-hydrogen) atoms. The molecule has 0 bridgehead atoms. The predicted octanol–water partition coefficient (Wildman–Crippen LogP) is 2.51. The molecule has 1 aliphatic heterocycles. The van der Waals surface area contributed by atoms with Gasteiger partial charge in [-0.25, -0.2) is 4.39 Å². The van der Waals surface area contributed by atoms with E-state index in [4.69, 9.17) is 0 Å². The van der Waals surface area contributed by atoms with Crippen molar-refractivity contribution in [2.75, 3.05) is 31.5 Å². The molecule has 182 valence electrons. The Hall–Kier alpha value is -4.45. The Balaban J connectivity index is 1.35. The number of aromatic nitrogens is 3. The van der Waals surface area contributed by atoms with Crippen molar-refractivity contribution in [2.45, 2.75) is 0 Å². The van der Waals surface area contributed by atoms with E-state index in [0.29, 0.717) is 5.56 Å². The summed E-state index contributed by atoms with van der Waals surface area (Å²) in [6, 6.07) is 12.5. The van der Waals surface area contributed by atoms with Crippen LogP contribution in [0, 0.1) is 5.82 Å². The molecule has 0 atom stereocenters. The van der Waals surface area contributed by atoms with Gasteiger partial charge in [0.15, 0.2) is 0 Å². The lowest BCUT2D eigenvalue weighted by Gasteiger charge is -2.34. The number of benzene rings is 2. The monoisotopic (exact) mass is 506 g/mol. The van der Waals surface area contributed by atoms with E-state index in [9.17, 15) is 23.6 Å². The molecule has 1 saturated heterocycles. The Kier molecular flexibility index (Phi) is 6.25. The van der Waals surface area contributed by atoms with Crippen LogP contribution in [-0.2, 0) is 4.79 Å². The molecule has 0 saturated carbocycles. The highest BCUT2D eigenvalue weighted by Gasteiger charge is 2.30. The van der Waals surface area contributed by atoms with Gasteiger partial charge in [-0.3, -0.25) is 29.1 Å². The Morgan fingerprint density at radius 1 is 0.889 bits per heavy atom. The van der Waals surface area contributed by atoms with Crippen LogP contribution in [0.15, 0.2) is 60.2 Å². The molecule has 12 heteroatoms. The van der Waals surface area contributed by atoms with Gasteiger partial charge in [0.25, 0.3) is 11.8 Å². The average molecular weight is 507 g/mol. The zero-order chi connectivity index (χ0) is 25.2. The molecule has 3 heterocycles. The highest BCUT2D eigenvalue weighted by atomic mass is 32.1. The fourth-order valence-electron chi connectivity index (χ4n) is 4.08. The summed E-state index contributed by atoms with van der Waals surface area (Å²) in [5, 5.41) is 10.2. The molecule has 4 aromatic rings. The molecule has 2 aromatic carbocycles. The zero-order valence-corrected chi connectivity index (χ0v) is 19.6. The molecule has 0 unspecified atom stereocenters. The van der Waals surface area contributed by atoms with E-state index in [2.05, 4.69) is 15.5 Å². The number of piperazine rings is 1. The van der Waals surface area contributed by atoms with Crippen LogP contribution in [-0.4, -0.2) is 74.4 Å². The van der Waals surface area contributed by atoms with Gasteiger partial charge in [0, 0.05) is 43.3 Å². The first kappa shape index (κ1) is 23.3. The second kappa shape index (κ2) is 9.66. The molecular weight excluding hydrogens is 487 g/mol. The third-order valence-electron chi connectivity index (χ3n) is 5.90. The second-order valence-corrected chi connectivity index (χ2v) is 8.83. The summed E-state index contributed by atoms with van der Waals surface area (Å²) < 4.78 is 15.5. The number of nitrogens with zero attached hydrogens (tertiary/aromatic N) is 5. The lowest BCUT2D eigenvalue weighted by atomic mass is 10.1. The van der Waals surface area contributed by atoms with Crippen molar-refractivity contribution >= 4 is 51.0 Å². The summed E-state index contributed by atoms with van der Waals surface area (Å²) in [6.07, 6.45) is 1.27. The molecule has 1 N–H and O–H groups in total. The van der Waals surface area contributed by atoms with E-state index in [1.807, 2.05) is 6.07 Å². The van der Waals surface area contributed by atoms with Crippen molar-refractivity contribution in [3.63, 3.8) is 0 Å². The molecule has 3 amide bonds. The lowest BCUT2D eigenvalue weighted by molar-refractivity contribution is -0.128. The standard InChI is InChI=1S/C24H19FN6O4S/c25-18-7-6-17(20(32)27-24-28-26-14-36-24)19-16(18)8-9-31(19)23(35)22(34)30-12-10-29(11-13-30)21(33)15-4-2-1-3-5-15/h1-9,14H,10-13H2,(H,27,28,32). The van der Waals surface area contributed by atoms with Crippen molar-refractivity contribution in [1.82, 2.24) is 24.6 Å². The van der Waals surface area contributed by atoms with Crippen molar-refractivity contribution in [2.24, 2.45) is 0 Å². The van der Waals surface area contributed by atoms with Gasteiger partial charge in [-0.1, -0.05) is 29.5 Å². The third-order valence-corrected chi connectivity index (χ3v) is 6.50. The van der Waals surface area contributed by atoms with Crippen LogP contribution in [0.25, 0.3) is 10.9 Å². The molecule has 0 aliphatic carbocycles. The number of amides is 3. The summed E-state index contributed by atoms with van der Waals surface area (Å²) in [7, 11) is 0. The third kappa shape index (κ3) is 4.33. The first-order chi connectivity index (χ1) is 17.4. The van der Waals surface area contributed by atoms with Gasteiger partial charge in [-0.15, -0.1) is 10.2 Å². The minimum atomic E-state index is -0.927. The van der Waals surface area contributed by atoms with Gasteiger partial charge < -0.3 is 9.80 Å². The number of fused-ring (bicyclic) bond motifs is 1. The van der Waals surface area contributed by atoms with Crippen LogP contribution < -0.4 is 5.32 Å². The zero-order valence-electron chi connectivity index (χ0n) is 18.8. The van der Waals surface area contributed by atoms with E-state index < -0.39 is 23.5 Å². The fourth-order valence-corrected chi connectivity index (χ4v) is 4.52. The van der Waals surface area contributed by atoms with E-state index in [1.54, 1.807) is 29.2 Å². The highest BCUT2D eigenvalue weighted by Crippen LogP contribution is 2.25. The minimum Gasteiger partial charge on any atom is -0.335 e. The number of carbonyl (C=O) groups excluding carboxylic acids is 4. The van der Waals surface area contributed by atoms with E-state index in [1.165, 1.54) is 28.7 Å². The molecular formula is C24H19FN6O4S. The van der Waals surface area contributed by atoms with Gasteiger partial charge in [0.2, 0.25) is 5.13 Å². The Morgan fingerprint density at radius 2 is 1.61 bits per heavy atom. The number of anilines is 1. The summed E-state index contributed by atoms with van der Waals surface area (Å²) in [4.78, 5) is 54.7. The average Bonchev–Trinajstić information content (AvgIpc) is 3.59. The second-order valence-electron chi connectivity index (χ2n) is 8.00. The Labute approximate surface area is 207 Å². The first-order valence-corrected chi connectivity index (χ1v) is 11.9. The summed E-state index contributed by atoms with van der Waals surface area (Å²) in [6.45, 7) is 0.870. The smallest absolute Gasteiger partial charge is 0.320 e. The molecule has 1 fully saturated rings. The van der Waals surface area contributed by atoms with Crippen molar-refractivity contribution in [3.8, 4) is 0 Å². The molecule has 0 spiro atoms. The molecule has 0 radical (unpaired) electrons. The Morgan fingerprint density at radius 3 is 2.31 bits per heavy atom. The molecule has 10 nitrogen and oxygen atoms in total. The van der Waals surface area contributed by atoms with Gasteiger partial charge in [0.1, 0.15) is 11.3 Å². The maximum absolute atomic E-state index is 14.5. The minimum absolute atomic E-state index is 0.00558. The van der Waals surface area contributed by atoms with Crippen LogP contribution in [0.2, 0.25) is 0 Å². The first-order valence-electron chi connectivity index (χ1n) is 11.0. The number of halogens is 1. The van der Waals surface area contributed by atoms with Crippen molar-refractivity contribution < 1.29 is 23.6 Å². The van der Waals surface area contributed by atoms with E-state index in [0.717, 1.165) is 22.0 Å². The maximum Gasteiger partial charge on any atom is 0.320 e. The number of hydrogen-bond acceptors (Lipinski definition) is 7. The van der Waals surface area contributed by atoms with Gasteiger partial charge in [0.05, 0.1) is 11.1 Å². The number of rotatable bonds is 3. The van der Waals surface area contributed by atoms with Crippen LogP contribution in [0.3, 0.4) is 0 Å². The highest BCUT2D eigenvalue weighted by molar-refractivity contribution is 7.13. The molecule has 2 aromatic heterocycles. The van der Waals surface area contributed by atoms with Crippen LogP contribution in [0.1, 0.15) is 25.5 Å². The summed E-state index contributed by atoms with van der Waals surface area (Å²) >= 11 is 1.10. The summed E-state index contributed by atoms with van der Waals surface area (Å²) in [5.41, 5.74) is 1.97. The van der Waals surface area contributed by atoms with Crippen molar-refractivity contribution in [1.29, 1.82) is 0 Å². The molecule has 1 aliphatic rings. The van der Waals surface area contributed by atoms with Crippen LogP contribution in [0.5, 0.6) is 0 Å². The topological polar surface area (TPSA) is 117 Å². The Bertz CT molecular complexity index is 1460. The largest absolute Gasteiger partial charge is 0.335 e. The lowest BCUT2D eigenvalue weighted by Crippen LogP contribution is -2.52. The predicted molar refractivity (Wildman–Crippen MR) is 129 cm³/mol. The maximum atomic E-state index is 14.5. The van der Waals surface area contributed by atoms with Crippen LogP contribution >= 0.6 is 11.3 Å². The fraction of sp³-hybridized carbons (Fsp3) is 0.167. The summed E-state index contributed by atoms with van der Waals surface area (Å²) in [5.74, 6) is -3.14. The van der Waals surface area contributed by atoms with E-state index >= 15 is 0 Å².